The van der Waals surface area contributed by atoms with Gasteiger partial charge < -0.3 is 4.90 Å². The lowest BCUT2D eigenvalue weighted by Crippen LogP contribution is -2.33. The van der Waals surface area contributed by atoms with Gasteiger partial charge in [-0.25, -0.2) is 4.68 Å². The second-order valence-corrected chi connectivity index (χ2v) is 4.23. The lowest BCUT2D eigenvalue weighted by Gasteiger charge is -2.17. The highest BCUT2D eigenvalue weighted by molar-refractivity contribution is 5.75. The van der Waals surface area contributed by atoms with Gasteiger partial charge in [-0.2, -0.15) is 0 Å². The van der Waals surface area contributed by atoms with Crippen LogP contribution in [0.1, 0.15) is 13.8 Å². The first-order valence-corrected chi connectivity index (χ1v) is 6.48. The van der Waals surface area contributed by atoms with Crippen molar-refractivity contribution in [2.75, 3.05) is 13.1 Å². The van der Waals surface area contributed by atoms with Crippen molar-refractivity contribution in [2.45, 2.75) is 20.4 Å². The van der Waals surface area contributed by atoms with Gasteiger partial charge in [0.2, 0.25) is 5.91 Å². The molecule has 1 amide bonds. The molecule has 0 spiro atoms. The summed E-state index contributed by atoms with van der Waals surface area (Å²) in [5.74, 6) is 0.0644. The van der Waals surface area contributed by atoms with Crippen molar-refractivity contribution in [3.8, 4) is 11.3 Å². The zero-order chi connectivity index (χ0) is 13.7. The predicted octanol–water partition coefficient (Wildman–Crippen LogP) is 1.81. The topological polar surface area (TPSA) is 51.0 Å². The van der Waals surface area contributed by atoms with Gasteiger partial charge in [0.25, 0.3) is 0 Å². The Hall–Kier alpha value is -2.17. The zero-order valence-electron chi connectivity index (χ0n) is 11.3. The molecule has 5 heteroatoms. The molecule has 1 aromatic carbocycles. The normalized spacial score (nSPS) is 10.4. The van der Waals surface area contributed by atoms with Crippen molar-refractivity contribution in [3.63, 3.8) is 0 Å². The Kier molecular flexibility index (Phi) is 4.28. The van der Waals surface area contributed by atoms with Crippen molar-refractivity contribution in [1.82, 2.24) is 19.9 Å². The van der Waals surface area contributed by atoms with Gasteiger partial charge in [-0.1, -0.05) is 35.5 Å². The summed E-state index contributed by atoms with van der Waals surface area (Å²) in [4.78, 5) is 13.7. The summed E-state index contributed by atoms with van der Waals surface area (Å²) >= 11 is 0. The summed E-state index contributed by atoms with van der Waals surface area (Å²) in [7, 11) is 0. The van der Waals surface area contributed by atoms with Crippen LogP contribution in [0.25, 0.3) is 11.3 Å². The Morgan fingerprint density at radius 2 is 1.89 bits per heavy atom. The van der Waals surface area contributed by atoms with E-state index in [1.54, 1.807) is 15.8 Å². The molecule has 0 unspecified atom stereocenters. The molecule has 5 nitrogen and oxygen atoms in total. The first-order valence-electron chi connectivity index (χ1n) is 6.48. The fraction of sp³-hybridized carbons (Fsp3) is 0.357. The number of hydrogen-bond donors (Lipinski definition) is 0. The van der Waals surface area contributed by atoms with E-state index in [2.05, 4.69) is 10.3 Å². The Labute approximate surface area is 112 Å². The molecule has 0 radical (unpaired) electrons. The minimum Gasteiger partial charge on any atom is -0.342 e. The Morgan fingerprint density at radius 1 is 1.21 bits per heavy atom. The molecule has 100 valence electrons. The molecule has 0 N–H and O–H groups in total. The summed E-state index contributed by atoms with van der Waals surface area (Å²) < 4.78 is 1.59. The molecule has 0 saturated carbocycles. The molecule has 19 heavy (non-hydrogen) atoms. The van der Waals surface area contributed by atoms with E-state index in [-0.39, 0.29) is 12.5 Å². The smallest absolute Gasteiger partial charge is 0.244 e. The molecule has 0 saturated heterocycles. The minimum absolute atomic E-state index is 0.0644. The highest BCUT2D eigenvalue weighted by atomic mass is 16.2. The fourth-order valence-electron chi connectivity index (χ4n) is 1.93. The maximum atomic E-state index is 12.0. The van der Waals surface area contributed by atoms with E-state index in [0.29, 0.717) is 0 Å². The van der Waals surface area contributed by atoms with Crippen molar-refractivity contribution < 1.29 is 4.79 Å². The van der Waals surface area contributed by atoms with Gasteiger partial charge in [0, 0.05) is 18.7 Å². The van der Waals surface area contributed by atoms with E-state index in [1.165, 1.54) is 0 Å². The van der Waals surface area contributed by atoms with Crippen LogP contribution in [0.2, 0.25) is 0 Å². The molecule has 2 aromatic rings. The number of hydrogen-bond acceptors (Lipinski definition) is 3. The van der Waals surface area contributed by atoms with Crippen LogP contribution < -0.4 is 0 Å². The number of nitrogens with zero attached hydrogens (tertiary/aromatic N) is 4. The summed E-state index contributed by atoms with van der Waals surface area (Å²) in [6.45, 7) is 5.61. The van der Waals surface area contributed by atoms with Crippen LogP contribution in [-0.2, 0) is 11.3 Å². The number of carbonyl (C=O) groups excluding carboxylic acids is 1. The molecule has 0 aliphatic heterocycles. The van der Waals surface area contributed by atoms with Crippen LogP contribution in [0.4, 0.5) is 0 Å². The predicted molar refractivity (Wildman–Crippen MR) is 73.4 cm³/mol. The second kappa shape index (κ2) is 6.13. The van der Waals surface area contributed by atoms with Gasteiger partial charge in [0.1, 0.15) is 12.2 Å². The summed E-state index contributed by atoms with van der Waals surface area (Å²) in [5, 5.41) is 8.10. The van der Waals surface area contributed by atoms with Crippen molar-refractivity contribution >= 4 is 5.91 Å². The second-order valence-electron chi connectivity index (χ2n) is 4.23. The number of amides is 1. The molecule has 0 bridgehead atoms. The quantitative estimate of drug-likeness (QED) is 0.822. The molecule has 0 fully saturated rings. The maximum Gasteiger partial charge on any atom is 0.244 e. The highest BCUT2D eigenvalue weighted by Gasteiger charge is 2.11. The molecule has 1 aromatic heterocycles. The van der Waals surface area contributed by atoms with E-state index in [0.717, 1.165) is 24.3 Å². The summed E-state index contributed by atoms with van der Waals surface area (Å²) in [5.41, 5.74) is 1.79. The Morgan fingerprint density at radius 3 is 2.53 bits per heavy atom. The fourth-order valence-corrected chi connectivity index (χ4v) is 1.93. The van der Waals surface area contributed by atoms with Crippen LogP contribution in [0.5, 0.6) is 0 Å². The first kappa shape index (κ1) is 13.3. The average molecular weight is 258 g/mol. The minimum atomic E-state index is 0.0644. The number of aromatic nitrogens is 3. The largest absolute Gasteiger partial charge is 0.342 e. The Balaban J connectivity index is 2.08. The number of rotatable bonds is 5. The zero-order valence-corrected chi connectivity index (χ0v) is 11.3. The lowest BCUT2D eigenvalue weighted by atomic mass is 10.2. The summed E-state index contributed by atoms with van der Waals surface area (Å²) in [6, 6.07) is 9.81. The van der Waals surface area contributed by atoms with Crippen molar-refractivity contribution in [1.29, 1.82) is 0 Å². The van der Waals surface area contributed by atoms with Crippen LogP contribution >= 0.6 is 0 Å². The van der Waals surface area contributed by atoms with Crippen LogP contribution in [-0.4, -0.2) is 38.9 Å². The monoisotopic (exact) mass is 258 g/mol. The van der Waals surface area contributed by atoms with Gasteiger partial charge in [-0.15, -0.1) is 5.10 Å². The van der Waals surface area contributed by atoms with E-state index in [4.69, 9.17) is 0 Å². The van der Waals surface area contributed by atoms with E-state index in [9.17, 15) is 4.79 Å². The van der Waals surface area contributed by atoms with Crippen LogP contribution in [0, 0.1) is 0 Å². The van der Waals surface area contributed by atoms with E-state index < -0.39 is 0 Å². The molecule has 1 heterocycles. The first-order chi connectivity index (χ1) is 9.24. The van der Waals surface area contributed by atoms with E-state index >= 15 is 0 Å². The number of benzene rings is 1. The third kappa shape index (κ3) is 3.19. The molecular formula is C14H18N4O. The standard InChI is InChI=1S/C14H18N4O/c1-3-17(4-2)14(19)11-18-10-13(15-16-18)12-8-6-5-7-9-12/h5-10H,3-4,11H2,1-2H3. The number of likely N-dealkylation sites (N-methyl/N-ethyl adjacent to an activating group) is 1. The van der Waals surface area contributed by atoms with Crippen LogP contribution in [0.15, 0.2) is 36.5 Å². The number of carbonyl (C=O) groups is 1. The molecule has 0 aliphatic rings. The van der Waals surface area contributed by atoms with Gasteiger partial charge >= 0.3 is 0 Å². The van der Waals surface area contributed by atoms with Gasteiger partial charge in [-0.05, 0) is 13.8 Å². The molecule has 2 rings (SSSR count). The Bertz CT molecular complexity index is 531. The third-order valence-electron chi connectivity index (χ3n) is 3.02. The van der Waals surface area contributed by atoms with Crippen LogP contribution in [0.3, 0.4) is 0 Å². The van der Waals surface area contributed by atoms with Crippen molar-refractivity contribution in [3.05, 3.63) is 36.5 Å². The SMILES string of the molecule is CCN(CC)C(=O)Cn1cc(-c2ccccc2)nn1. The maximum absolute atomic E-state index is 12.0. The van der Waals surface area contributed by atoms with E-state index in [1.807, 2.05) is 44.2 Å². The molecule has 0 aliphatic carbocycles. The average Bonchev–Trinajstić information content (AvgIpc) is 2.89. The van der Waals surface area contributed by atoms with Gasteiger partial charge in [0.05, 0.1) is 6.20 Å². The molecular weight excluding hydrogens is 240 g/mol. The van der Waals surface area contributed by atoms with Gasteiger partial charge in [0.15, 0.2) is 0 Å². The highest BCUT2D eigenvalue weighted by Crippen LogP contribution is 2.14. The van der Waals surface area contributed by atoms with Gasteiger partial charge in [-0.3, -0.25) is 4.79 Å². The van der Waals surface area contributed by atoms with Crippen molar-refractivity contribution in [2.24, 2.45) is 0 Å². The third-order valence-corrected chi connectivity index (χ3v) is 3.02. The lowest BCUT2D eigenvalue weighted by molar-refractivity contribution is -0.131. The summed E-state index contributed by atoms with van der Waals surface area (Å²) in [6.07, 6.45) is 1.80. The molecule has 0 atom stereocenters.